The van der Waals surface area contributed by atoms with E-state index in [1.54, 1.807) is 0 Å². The van der Waals surface area contributed by atoms with Crippen molar-refractivity contribution in [3.8, 4) is 0 Å². The molecule has 0 aromatic rings. The molecule has 0 heterocycles. The predicted molar refractivity (Wildman–Crippen MR) is 42.0 cm³/mol. The fourth-order valence-electron chi connectivity index (χ4n) is 0.782. The molecule has 4 nitrogen and oxygen atoms in total. The average Bonchev–Trinajstić information content (AvgIpc) is 1.97. The minimum atomic E-state index is -2.57. The molecule has 0 fully saturated rings. The third-order valence-electron chi connectivity index (χ3n) is 1.45. The Morgan fingerprint density at radius 3 is 2.36 bits per heavy atom. The molecule has 68 valence electrons. The normalized spacial score (nSPS) is 11.5. The van der Waals surface area contributed by atoms with E-state index in [4.69, 9.17) is 5.84 Å². The first-order chi connectivity index (χ1) is 5.18. The fraction of sp³-hybridized carbons (Fsp3) is 1.00. The molecule has 11 heavy (non-hydrogen) atoms. The van der Waals surface area contributed by atoms with E-state index in [-0.39, 0.29) is 0 Å². The molecule has 0 aliphatic carbocycles. The van der Waals surface area contributed by atoms with Gasteiger partial charge in [0, 0.05) is 6.54 Å². The van der Waals surface area contributed by atoms with Crippen molar-refractivity contribution in [1.29, 1.82) is 0 Å². The minimum absolute atomic E-state index is 0.443. The van der Waals surface area contributed by atoms with Crippen molar-refractivity contribution in [2.75, 3.05) is 6.54 Å². The molecule has 2 N–H and O–H groups in total. The summed E-state index contributed by atoms with van der Waals surface area (Å²) < 4.78 is 0.866. The Kier molecular flexibility index (Phi) is 7.12. The molecule has 5 heteroatoms. The van der Waals surface area contributed by atoms with E-state index in [9.17, 15) is 9.79 Å². The van der Waals surface area contributed by atoms with E-state index in [1.165, 1.54) is 0 Å². The predicted octanol–water partition coefficient (Wildman–Crippen LogP) is -0.310. The minimum Gasteiger partial charge on any atom is -0.829 e. The third-order valence-corrected chi connectivity index (χ3v) is 2.07. The summed E-state index contributed by atoms with van der Waals surface area (Å²) in [6.45, 7) is 2.55. The Morgan fingerprint density at radius 2 is 1.91 bits per heavy atom. The van der Waals surface area contributed by atoms with Gasteiger partial charge in [-0.05, 0) is 6.42 Å². The molecule has 0 bridgehead atoms. The monoisotopic (exact) mass is 178 g/mol. The first-order valence-electron chi connectivity index (χ1n) is 3.85. The standard InChI is InChI=1S/C6H15N2O2P/c1-2-3-4-5-6-8(7)11(9)10/h2-7H2,1H3/q-2. The van der Waals surface area contributed by atoms with Crippen LogP contribution in [0.15, 0.2) is 0 Å². The van der Waals surface area contributed by atoms with Crippen molar-refractivity contribution in [3.05, 3.63) is 0 Å². The smallest absolute Gasteiger partial charge is 0.0142 e. The highest BCUT2D eigenvalue weighted by Gasteiger charge is 1.92. The molecule has 0 aromatic carbocycles. The highest BCUT2D eigenvalue weighted by atomic mass is 31.2. The van der Waals surface area contributed by atoms with Crippen LogP contribution in [0.2, 0.25) is 0 Å². The van der Waals surface area contributed by atoms with Crippen LogP contribution in [0.1, 0.15) is 32.6 Å². The van der Waals surface area contributed by atoms with Crippen LogP contribution < -0.4 is 15.6 Å². The highest BCUT2D eigenvalue weighted by Crippen LogP contribution is 2.14. The summed E-state index contributed by atoms with van der Waals surface area (Å²) in [5.74, 6) is 5.14. The Hall–Kier alpha value is 0.270. The van der Waals surface area contributed by atoms with Gasteiger partial charge in [-0.15, -0.1) is 0 Å². The maximum absolute atomic E-state index is 10.2. The fourth-order valence-corrected chi connectivity index (χ4v) is 1.09. The zero-order chi connectivity index (χ0) is 8.69. The molecule has 0 amide bonds. The Balaban J connectivity index is 3.10. The van der Waals surface area contributed by atoms with Gasteiger partial charge in [0.25, 0.3) is 0 Å². The second kappa shape index (κ2) is 6.95. The second-order valence-electron chi connectivity index (χ2n) is 2.46. The molecule has 0 aliphatic rings. The van der Waals surface area contributed by atoms with Crippen molar-refractivity contribution in [1.82, 2.24) is 4.78 Å². The van der Waals surface area contributed by atoms with Crippen LogP contribution in [-0.4, -0.2) is 11.3 Å². The van der Waals surface area contributed by atoms with Gasteiger partial charge in [0.1, 0.15) is 0 Å². The lowest BCUT2D eigenvalue weighted by molar-refractivity contribution is -0.306. The summed E-state index contributed by atoms with van der Waals surface area (Å²) >= 11 is 0. The topological polar surface area (TPSA) is 75.4 Å². The summed E-state index contributed by atoms with van der Waals surface area (Å²) in [4.78, 5) is 20.4. The molecule has 0 saturated heterocycles. The Morgan fingerprint density at radius 1 is 1.27 bits per heavy atom. The molecule has 0 spiro atoms. The van der Waals surface area contributed by atoms with Crippen LogP contribution in [0, 0.1) is 0 Å². The van der Waals surface area contributed by atoms with Crippen LogP contribution >= 0.6 is 8.53 Å². The number of nitrogens with zero attached hydrogens (tertiary/aromatic N) is 1. The van der Waals surface area contributed by atoms with Crippen LogP contribution in [0.4, 0.5) is 0 Å². The Labute approximate surface area is 69.0 Å². The first kappa shape index (κ1) is 11.3. The second-order valence-corrected chi connectivity index (χ2v) is 3.45. The lowest BCUT2D eigenvalue weighted by Crippen LogP contribution is -2.35. The van der Waals surface area contributed by atoms with Crippen molar-refractivity contribution in [3.63, 3.8) is 0 Å². The van der Waals surface area contributed by atoms with Gasteiger partial charge < -0.3 is 9.79 Å². The lowest BCUT2D eigenvalue weighted by Gasteiger charge is -2.39. The first-order valence-corrected chi connectivity index (χ1v) is 4.98. The highest BCUT2D eigenvalue weighted by molar-refractivity contribution is 7.39. The van der Waals surface area contributed by atoms with Gasteiger partial charge in [0.15, 0.2) is 0 Å². The lowest BCUT2D eigenvalue weighted by atomic mass is 10.2. The van der Waals surface area contributed by atoms with Crippen LogP contribution in [0.5, 0.6) is 0 Å². The number of hydrazine groups is 1. The quantitative estimate of drug-likeness (QED) is 0.262. The van der Waals surface area contributed by atoms with Crippen LogP contribution in [0.3, 0.4) is 0 Å². The molecule has 0 radical (unpaired) electrons. The van der Waals surface area contributed by atoms with Gasteiger partial charge in [0.05, 0.1) is 0 Å². The van der Waals surface area contributed by atoms with Gasteiger partial charge >= 0.3 is 0 Å². The van der Waals surface area contributed by atoms with E-state index in [1.807, 2.05) is 0 Å². The van der Waals surface area contributed by atoms with Gasteiger partial charge in [-0.25, -0.2) is 8.53 Å². The van der Waals surface area contributed by atoms with Gasteiger partial charge in [0.2, 0.25) is 0 Å². The third kappa shape index (κ3) is 6.66. The summed E-state index contributed by atoms with van der Waals surface area (Å²) in [7, 11) is -2.57. The number of nitrogens with two attached hydrogens (primary N) is 1. The van der Waals surface area contributed by atoms with Gasteiger partial charge in [-0.3, -0.25) is 10.6 Å². The SMILES string of the molecule is CCCCCCN(N)P([O-])[O-]. The largest absolute Gasteiger partial charge is 0.829 e. The Bertz CT molecular complexity index is 92.7. The zero-order valence-electron chi connectivity index (χ0n) is 6.82. The number of rotatable bonds is 6. The average molecular weight is 178 g/mol. The van der Waals surface area contributed by atoms with Crippen molar-refractivity contribution >= 4 is 8.53 Å². The molecule has 0 atom stereocenters. The van der Waals surface area contributed by atoms with Gasteiger partial charge in [-0.2, -0.15) is 0 Å². The molecule has 0 aromatic heterocycles. The van der Waals surface area contributed by atoms with Crippen molar-refractivity contribution < 1.29 is 9.79 Å². The van der Waals surface area contributed by atoms with E-state index in [2.05, 4.69) is 6.92 Å². The van der Waals surface area contributed by atoms with E-state index >= 15 is 0 Å². The maximum Gasteiger partial charge on any atom is 0.0142 e. The van der Waals surface area contributed by atoms with Crippen molar-refractivity contribution in [2.45, 2.75) is 32.6 Å². The number of unbranched alkanes of at least 4 members (excludes halogenated alkanes) is 3. The molecule has 0 rings (SSSR count). The summed E-state index contributed by atoms with van der Waals surface area (Å²) in [6, 6.07) is 0. The summed E-state index contributed by atoms with van der Waals surface area (Å²) in [5.41, 5.74) is 0. The summed E-state index contributed by atoms with van der Waals surface area (Å²) in [6.07, 6.45) is 4.19. The molecule has 0 aliphatic heterocycles. The van der Waals surface area contributed by atoms with E-state index < -0.39 is 8.53 Å². The van der Waals surface area contributed by atoms with E-state index in [0.717, 1.165) is 30.5 Å². The van der Waals surface area contributed by atoms with Gasteiger partial charge in [-0.1, -0.05) is 26.2 Å². The number of hydrogen-bond donors (Lipinski definition) is 1. The molecule has 0 unspecified atom stereocenters. The summed E-state index contributed by atoms with van der Waals surface area (Å²) in [5, 5.41) is 0. The zero-order valence-corrected chi connectivity index (χ0v) is 7.72. The van der Waals surface area contributed by atoms with Crippen molar-refractivity contribution in [2.24, 2.45) is 5.84 Å². The maximum atomic E-state index is 10.2. The van der Waals surface area contributed by atoms with Crippen LogP contribution in [-0.2, 0) is 0 Å². The number of hydrogen-bond acceptors (Lipinski definition) is 4. The molecular weight excluding hydrogens is 163 g/mol. The molecular formula is C6H15N2O2P-2. The van der Waals surface area contributed by atoms with E-state index in [0.29, 0.717) is 6.54 Å². The molecule has 0 saturated carbocycles. The van der Waals surface area contributed by atoms with Crippen LogP contribution in [0.25, 0.3) is 0 Å².